The average molecular weight is 471 g/mol. The van der Waals surface area contributed by atoms with Crippen LogP contribution < -0.4 is 10.1 Å². The Balaban J connectivity index is 1.48. The van der Waals surface area contributed by atoms with Gasteiger partial charge in [-0.3, -0.25) is 10.1 Å². The standard InChI is InChI=1S/C22H19ClN4O2S2/c1-3-29-15-8-9-17-18(10-15)31-22(25-17)27-20(28)19-16(23)11-24-21(26-19)30-12-14-6-4-13(2)5-7-14/h4-11H,3,12H2,1-2H3,(H,25,27,28). The number of benzene rings is 2. The minimum atomic E-state index is -0.423. The molecule has 0 atom stereocenters. The maximum absolute atomic E-state index is 12.8. The molecule has 0 saturated heterocycles. The number of aryl methyl sites for hydroxylation is 1. The summed E-state index contributed by atoms with van der Waals surface area (Å²) in [5.74, 6) is 1.04. The third kappa shape index (κ3) is 5.33. The Morgan fingerprint density at radius 1 is 1.19 bits per heavy atom. The molecule has 9 heteroatoms. The second-order valence-electron chi connectivity index (χ2n) is 6.66. The number of rotatable bonds is 7. The highest BCUT2D eigenvalue weighted by Gasteiger charge is 2.17. The number of ether oxygens (including phenoxy) is 1. The number of fused-ring (bicyclic) bond motifs is 1. The molecule has 0 aliphatic carbocycles. The van der Waals surface area contributed by atoms with Crippen LogP contribution in [0, 0.1) is 6.92 Å². The number of amides is 1. The van der Waals surface area contributed by atoms with Gasteiger partial charge in [0.05, 0.1) is 28.0 Å². The molecule has 1 amide bonds. The molecule has 158 valence electrons. The fraction of sp³-hybridized carbons (Fsp3) is 0.182. The van der Waals surface area contributed by atoms with Gasteiger partial charge < -0.3 is 4.74 Å². The number of carbonyl (C=O) groups is 1. The molecule has 4 rings (SSSR count). The molecule has 6 nitrogen and oxygen atoms in total. The van der Waals surface area contributed by atoms with Crippen molar-refractivity contribution in [3.8, 4) is 5.75 Å². The van der Waals surface area contributed by atoms with Crippen molar-refractivity contribution >= 4 is 56.0 Å². The van der Waals surface area contributed by atoms with Crippen LogP contribution in [0.2, 0.25) is 5.02 Å². The van der Waals surface area contributed by atoms with Crippen molar-refractivity contribution in [2.24, 2.45) is 0 Å². The smallest absolute Gasteiger partial charge is 0.277 e. The number of thiazole rings is 1. The summed E-state index contributed by atoms with van der Waals surface area (Å²) in [6.45, 7) is 4.57. The van der Waals surface area contributed by atoms with Crippen molar-refractivity contribution in [1.82, 2.24) is 15.0 Å². The van der Waals surface area contributed by atoms with Gasteiger partial charge in [-0.05, 0) is 37.6 Å². The van der Waals surface area contributed by atoms with E-state index < -0.39 is 5.91 Å². The fourth-order valence-electron chi connectivity index (χ4n) is 2.78. The van der Waals surface area contributed by atoms with Crippen molar-refractivity contribution in [2.45, 2.75) is 24.8 Å². The molecule has 31 heavy (non-hydrogen) atoms. The lowest BCUT2D eigenvalue weighted by Crippen LogP contribution is -2.15. The molecular weight excluding hydrogens is 452 g/mol. The molecule has 0 saturated carbocycles. The Hall–Kier alpha value is -2.68. The number of hydrogen-bond donors (Lipinski definition) is 1. The van der Waals surface area contributed by atoms with Gasteiger partial charge >= 0.3 is 0 Å². The molecule has 0 bridgehead atoms. The van der Waals surface area contributed by atoms with Gasteiger partial charge in [-0.1, -0.05) is 64.5 Å². The zero-order chi connectivity index (χ0) is 21.8. The SMILES string of the molecule is CCOc1ccc2nc(NC(=O)c3nc(SCc4ccc(C)cc4)ncc3Cl)sc2c1. The number of aromatic nitrogens is 3. The molecular formula is C22H19ClN4O2S2. The van der Waals surface area contributed by atoms with Crippen LogP contribution in [-0.2, 0) is 5.75 Å². The lowest BCUT2D eigenvalue weighted by Gasteiger charge is -2.06. The fourth-order valence-corrected chi connectivity index (χ4v) is 4.62. The van der Waals surface area contributed by atoms with Crippen molar-refractivity contribution in [3.05, 3.63) is 70.5 Å². The van der Waals surface area contributed by atoms with Gasteiger partial charge in [-0.25, -0.2) is 15.0 Å². The first-order valence-corrected chi connectivity index (χ1v) is 11.8. The third-order valence-electron chi connectivity index (χ3n) is 4.32. The lowest BCUT2D eigenvalue weighted by molar-refractivity contribution is 0.102. The first-order valence-electron chi connectivity index (χ1n) is 9.57. The quantitative estimate of drug-likeness (QED) is 0.264. The van der Waals surface area contributed by atoms with Crippen LogP contribution in [0.1, 0.15) is 28.5 Å². The monoisotopic (exact) mass is 470 g/mol. The number of nitrogens with zero attached hydrogens (tertiary/aromatic N) is 3. The maximum atomic E-state index is 12.8. The van der Waals surface area contributed by atoms with E-state index in [2.05, 4.69) is 44.5 Å². The summed E-state index contributed by atoms with van der Waals surface area (Å²) in [4.78, 5) is 25.8. The van der Waals surface area contributed by atoms with E-state index in [-0.39, 0.29) is 10.7 Å². The van der Waals surface area contributed by atoms with E-state index in [0.29, 0.717) is 22.6 Å². The predicted molar refractivity (Wildman–Crippen MR) is 127 cm³/mol. The zero-order valence-electron chi connectivity index (χ0n) is 16.9. The third-order valence-corrected chi connectivity index (χ3v) is 6.46. The molecule has 0 aliphatic rings. The van der Waals surface area contributed by atoms with Crippen LogP contribution in [0.3, 0.4) is 0 Å². The van der Waals surface area contributed by atoms with E-state index in [1.165, 1.54) is 34.9 Å². The first kappa shape index (κ1) is 21.5. The van der Waals surface area contributed by atoms with E-state index in [9.17, 15) is 4.79 Å². The van der Waals surface area contributed by atoms with E-state index >= 15 is 0 Å². The molecule has 2 aromatic heterocycles. The highest BCUT2D eigenvalue weighted by Crippen LogP contribution is 2.30. The Kier molecular flexibility index (Phi) is 6.70. The van der Waals surface area contributed by atoms with E-state index in [1.54, 1.807) is 0 Å². The summed E-state index contributed by atoms with van der Waals surface area (Å²) in [5.41, 5.74) is 3.27. The van der Waals surface area contributed by atoms with Crippen molar-refractivity contribution in [3.63, 3.8) is 0 Å². The van der Waals surface area contributed by atoms with Crippen molar-refractivity contribution in [1.29, 1.82) is 0 Å². The molecule has 0 aliphatic heterocycles. The number of thioether (sulfide) groups is 1. The minimum Gasteiger partial charge on any atom is -0.494 e. The van der Waals surface area contributed by atoms with Crippen molar-refractivity contribution in [2.75, 3.05) is 11.9 Å². The van der Waals surface area contributed by atoms with Gasteiger partial charge in [-0.15, -0.1) is 0 Å². The van der Waals surface area contributed by atoms with Gasteiger partial charge in [0.1, 0.15) is 5.75 Å². The Morgan fingerprint density at radius 2 is 2.00 bits per heavy atom. The van der Waals surface area contributed by atoms with E-state index in [1.807, 2.05) is 32.0 Å². The van der Waals surface area contributed by atoms with Crippen molar-refractivity contribution < 1.29 is 9.53 Å². The minimum absolute atomic E-state index is 0.123. The topological polar surface area (TPSA) is 77.0 Å². The second-order valence-corrected chi connectivity index (χ2v) is 9.04. The summed E-state index contributed by atoms with van der Waals surface area (Å²) in [7, 11) is 0. The van der Waals surface area contributed by atoms with Crippen LogP contribution in [0.25, 0.3) is 10.2 Å². The van der Waals surface area contributed by atoms with Crippen LogP contribution >= 0.6 is 34.7 Å². The Bertz CT molecular complexity index is 1230. The van der Waals surface area contributed by atoms with Crippen LogP contribution in [-0.4, -0.2) is 27.5 Å². The van der Waals surface area contributed by atoms with Crippen LogP contribution in [0.4, 0.5) is 5.13 Å². The summed E-state index contributed by atoms with van der Waals surface area (Å²) in [6, 6.07) is 13.9. The van der Waals surface area contributed by atoms with Gasteiger partial charge in [0.15, 0.2) is 16.0 Å². The summed E-state index contributed by atoms with van der Waals surface area (Å²) in [5, 5.41) is 3.94. The summed E-state index contributed by atoms with van der Waals surface area (Å²) in [6.07, 6.45) is 1.45. The largest absolute Gasteiger partial charge is 0.494 e. The molecule has 4 aromatic rings. The lowest BCUT2D eigenvalue weighted by atomic mass is 10.2. The molecule has 1 N–H and O–H groups in total. The number of halogens is 1. The number of nitrogens with one attached hydrogen (secondary N) is 1. The molecule has 2 aromatic carbocycles. The second kappa shape index (κ2) is 9.64. The normalized spacial score (nSPS) is 10.9. The summed E-state index contributed by atoms with van der Waals surface area (Å²) < 4.78 is 6.44. The van der Waals surface area contributed by atoms with E-state index in [0.717, 1.165) is 21.5 Å². The van der Waals surface area contributed by atoms with Crippen LogP contribution in [0.5, 0.6) is 5.75 Å². The predicted octanol–water partition coefficient (Wildman–Crippen LogP) is 5.99. The molecule has 0 unspecified atom stereocenters. The molecule has 0 radical (unpaired) electrons. The first-order chi connectivity index (χ1) is 15.0. The van der Waals surface area contributed by atoms with Crippen LogP contribution in [0.15, 0.2) is 53.8 Å². The maximum Gasteiger partial charge on any atom is 0.277 e. The highest BCUT2D eigenvalue weighted by atomic mass is 35.5. The number of hydrogen-bond acceptors (Lipinski definition) is 7. The van der Waals surface area contributed by atoms with Gasteiger partial charge in [0.2, 0.25) is 0 Å². The number of anilines is 1. The van der Waals surface area contributed by atoms with Gasteiger partial charge in [0.25, 0.3) is 5.91 Å². The molecule has 2 heterocycles. The Labute approximate surface area is 193 Å². The molecule has 0 spiro atoms. The van der Waals surface area contributed by atoms with E-state index in [4.69, 9.17) is 16.3 Å². The highest BCUT2D eigenvalue weighted by molar-refractivity contribution is 7.98. The summed E-state index contributed by atoms with van der Waals surface area (Å²) >= 11 is 9.01. The Morgan fingerprint density at radius 3 is 2.77 bits per heavy atom. The number of carbonyl (C=O) groups excluding carboxylic acids is 1. The van der Waals surface area contributed by atoms with Gasteiger partial charge in [0, 0.05) is 5.75 Å². The van der Waals surface area contributed by atoms with Gasteiger partial charge in [-0.2, -0.15) is 0 Å². The molecule has 0 fully saturated rings. The zero-order valence-corrected chi connectivity index (χ0v) is 19.3. The average Bonchev–Trinajstić information content (AvgIpc) is 3.16.